The Labute approximate surface area is 118 Å². The lowest BCUT2D eigenvalue weighted by Crippen LogP contribution is -2.37. The standard InChI is InChI=1S/C15H22N2O3/c18-13(17-11-12-5-8-16-10-12)9-15(14(19)20)6-3-1-2-4-7-15/h5,8,10,16H,1-4,6-7,9,11H2,(H,17,18)(H,19,20). The van der Waals surface area contributed by atoms with Gasteiger partial charge in [0.05, 0.1) is 5.41 Å². The van der Waals surface area contributed by atoms with Crippen LogP contribution in [0.15, 0.2) is 18.5 Å². The van der Waals surface area contributed by atoms with Gasteiger partial charge in [-0.3, -0.25) is 9.59 Å². The Hall–Kier alpha value is -1.78. The minimum atomic E-state index is -0.862. The van der Waals surface area contributed by atoms with Gasteiger partial charge in [-0.1, -0.05) is 25.7 Å². The molecule has 0 atom stereocenters. The number of carbonyl (C=O) groups is 2. The van der Waals surface area contributed by atoms with E-state index in [0.29, 0.717) is 19.4 Å². The van der Waals surface area contributed by atoms with Gasteiger partial charge in [-0.15, -0.1) is 0 Å². The number of hydrogen-bond acceptors (Lipinski definition) is 2. The van der Waals surface area contributed by atoms with Crippen molar-refractivity contribution in [1.82, 2.24) is 10.3 Å². The highest BCUT2D eigenvalue weighted by Crippen LogP contribution is 2.38. The second-order valence-corrected chi connectivity index (χ2v) is 5.67. The average molecular weight is 278 g/mol. The quantitative estimate of drug-likeness (QED) is 0.723. The number of carbonyl (C=O) groups excluding carboxylic acids is 1. The third kappa shape index (κ3) is 3.62. The molecule has 1 saturated carbocycles. The van der Waals surface area contributed by atoms with Crippen molar-refractivity contribution < 1.29 is 14.7 Å². The summed E-state index contributed by atoms with van der Waals surface area (Å²) in [6.45, 7) is 0.442. The predicted molar refractivity (Wildman–Crippen MR) is 75.0 cm³/mol. The van der Waals surface area contributed by atoms with Crippen LogP contribution in [0.25, 0.3) is 0 Å². The summed E-state index contributed by atoms with van der Waals surface area (Å²) >= 11 is 0. The minimum Gasteiger partial charge on any atom is -0.481 e. The van der Waals surface area contributed by atoms with Crippen LogP contribution < -0.4 is 5.32 Å². The number of aromatic amines is 1. The number of aromatic nitrogens is 1. The molecule has 5 heteroatoms. The fourth-order valence-corrected chi connectivity index (χ4v) is 2.91. The molecule has 0 aromatic carbocycles. The summed E-state index contributed by atoms with van der Waals surface area (Å²) in [6, 6.07) is 1.89. The second kappa shape index (κ2) is 6.59. The maximum atomic E-state index is 12.0. The summed E-state index contributed by atoms with van der Waals surface area (Å²) < 4.78 is 0. The van der Waals surface area contributed by atoms with E-state index < -0.39 is 11.4 Å². The van der Waals surface area contributed by atoms with Crippen LogP contribution in [-0.2, 0) is 16.1 Å². The Morgan fingerprint density at radius 2 is 1.95 bits per heavy atom. The van der Waals surface area contributed by atoms with E-state index in [1.54, 1.807) is 6.20 Å². The molecular formula is C15H22N2O3. The topological polar surface area (TPSA) is 82.2 Å². The summed E-state index contributed by atoms with van der Waals surface area (Å²) in [6.07, 6.45) is 8.87. The van der Waals surface area contributed by atoms with Crippen molar-refractivity contribution in [2.45, 2.75) is 51.5 Å². The number of carboxylic acid groups (broad SMARTS) is 1. The lowest BCUT2D eigenvalue weighted by molar-refractivity contribution is -0.152. The van der Waals surface area contributed by atoms with Gasteiger partial charge in [0.15, 0.2) is 0 Å². The molecular weight excluding hydrogens is 256 g/mol. The van der Waals surface area contributed by atoms with Crippen LogP contribution in [0.3, 0.4) is 0 Å². The number of amides is 1. The Morgan fingerprint density at radius 3 is 2.50 bits per heavy atom. The molecule has 0 unspecified atom stereocenters. The zero-order valence-electron chi connectivity index (χ0n) is 11.7. The van der Waals surface area contributed by atoms with Crippen LogP contribution in [0.2, 0.25) is 0 Å². The van der Waals surface area contributed by atoms with E-state index in [-0.39, 0.29) is 12.3 Å². The summed E-state index contributed by atoms with van der Waals surface area (Å²) in [5.74, 6) is -0.994. The van der Waals surface area contributed by atoms with E-state index in [1.807, 2.05) is 12.3 Å². The molecule has 5 nitrogen and oxygen atoms in total. The van der Waals surface area contributed by atoms with Crippen molar-refractivity contribution in [2.75, 3.05) is 0 Å². The third-order valence-corrected chi connectivity index (χ3v) is 4.17. The fourth-order valence-electron chi connectivity index (χ4n) is 2.91. The van der Waals surface area contributed by atoms with Crippen molar-refractivity contribution >= 4 is 11.9 Å². The van der Waals surface area contributed by atoms with Gasteiger partial charge in [0.1, 0.15) is 0 Å². The molecule has 1 heterocycles. The molecule has 0 radical (unpaired) electrons. The van der Waals surface area contributed by atoms with Gasteiger partial charge in [0.25, 0.3) is 0 Å². The summed E-state index contributed by atoms with van der Waals surface area (Å²) in [5.41, 5.74) is 0.127. The first-order chi connectivity index (χ1) is 9.62. The number of hydrogen-bond donors (Lipinski definition) is 3. The van der Waals surface area contributed by atoms with Gasteiger partial charge in [0.2, 0.25) is 5.91 Å². The average Bonchev–Trinajstić information content (AvgIpc) is 2.82. The zero-order valence-corrected chi connectivity index (χ0v) is 11.7. The summed E-state index contributed by atoms with van der Waals surface area (Å²) in [4.78, 5) is 26.6. The molecule has 0 aliphatic heterocycles. The van der Waals surface area contributed by atoms with Gasteiger partial charge in [-0.05, 0) is 24.5 Å². The van der Waals surface area contributed by atoms with Crippen molar-refractivity contribution in [3.63, 3.8) is 0 Å². The van der Waals surface area contributed by atoms with Crippen LogP contribution in [0.4, 0.5) is 0 Å². The smallest absolute Gasteiger partial charge is 0.310 e. The molecule has 1 fully saturated rings. The first kappa shape index (κ1) is 14.6. The van der Waals surface area contributed by atoms with E-state index in [0.717, 1.165) is 31.2 Å². The normalized spacial score (nSPS) is 18.2. The number of aliphatic carboxylic acids is 1. The van der Waals surface area contributed by atoms with E-state index in [2.05, 4.69) is 10.3 Å². The highest BCUT2D eigenvalue weighted by Gasteiger charge is 2.40. The molecule has 110 valence electrons. The zero-order chi connectivity index (χ0) is 14.4. The van der Waals surface area contributed by atoms with Crippen molar-refractivity contribution in [2.24, 2.45) is 5.41 Å². The predicted octanol–water partition coefficient (Wildman–Crippen LogP) is 2.45. The SMILES string of the molecule is O=C(CC1(C(=O)O)CCCCCC1)NCc1cc[nH]c1. The lowest BCUT2D eigenvalue weighted by Gasteiger charge is -2.27. The Kier molecular flexibility index (Phi) is 4.82. The van der Waals surface area contributed by atoms with Gasteiger partial charge in [0, 0.05) is 25.4 Å². The van der Waals surface area contributed by atoms with Gasteiger partial charge < -0.3 is 15.4 Å². The largest absolute Gasteiger partial charge is 0.481 e. The number of nitrogens with one attached hydrogen (secondary N) is 2. The van der Waals surface area contributed by atoms with Crippen molar-refractivity contribution in [1.29, 1.82) is 0 Å². The minimum absolute atomic E-state index is 0.0900. The maximum absolute atomic E-state index is 12.0. The van der Waals surface area contributed by atoms with E-state index in [4.69, 9.17) is 0 Å². The van der Waals surface area contributed by atoms with Gasteiger partial charge >= 0.3 is 5.97 Å². The molecule has 20 heavy (non-hydrogen) atoms. The van der Waals surface area contributed by atoms with Gasteiger partial charge in [-0.2, -0.15) is 0 Å². The molecule has 0 spiro atoms. The Balaban J connectivity index is 1.93. The van der Waals surface area contributed by atoms with E-state index >= 15 is 0 Å². The van der Waals surface area contributed by atoms with Crippen LogP contribution in [0.1, 0.15) is 50.5 Å². The van der Waals surface area contributed by atoms with Gasteiger partial charge in [-0.25, -0.2) is 0 Å². The maximum Gasteiger partial charge on any atom is 0.310 e. The Morgan fingerprint density at radius 1 is 1.25 bits per heavy atom. The molecule has 1 aliphatic carbocycles. The molecule has 0 bridgehead atoms. The summed E-state index contributed by atoms with van der Waals surface area (Å²) in [5, 5.41) is 12.3. The van der Waals surface area contributed by atoms with Crippen molar-refractivity contribution in [3.05, 3.63) is 24.0 Å². The van der Waals surface area contributed by atoms with Crippen LogP contribution >= 0.6 is 0 Å². The molecule has 1 aromatic rings. The molecule has 1 aliphatic rings. The second-order valence-electron chi connectivity index (χ2n) is 5.67. The monoisotopic (exact) mass is 278 g/mol. The van der Waals surface area contributed by atoms with E-state index in [1.165, 1.54) is 0 Å². The molecule has 3 N–H and O–H groups in total. The van der Waals surface area contributed by atoms with E-state index in [9.17, 15) is 14.7 Å². The lowest BCUT2D eigenvalue weighted by atomic mass is 9.77. The number of H-pyrrole nitrogens is 1. The number of rotatable bonds is 5. The molecule has 1 aromatic heterocycles. The molecule has 2 rings (SSSR count). The highest BCUT2D eigenvalue weighted by atomic mass is 16.4. The Bertz CT molecular complexity index is 446. The fraction of sp³-hybridized carbons (Fsp3) is 0.600. The first-order valence-electron chi connectivity index (χ1n) is 7.24. The van der Waals surface area contributed by atoms with Crippen LogP contribution in [0.5, 0.6) is 0 Å². The van der Waals surface area contributed by atoms with Crippen LogP contribution in [-0.4, -0.2) is 22.0 Å². The highest BCUT2D eigenvalue weighted by molar-refractivity contribution is 5.85. The van der Waals surface area contributed by atoms with Crippen LogP contribution in [0, 0.1) is 5.41 Å². The number of carboxylic acids is 1. The van der Waals surface area contributed by atoms with Crippen molar-refractivity contribution in [3.8, 4) is 0 Å². The summed E-state index contributed by atoms with van der Waals surface area (Å²) in [7, 11) is 0. The first-order valence-corrected chi connectivity index (χ1v) is 7.24. The third-order valence-electron chi connectivity index (χ3n) is 4.17. The molecule has 0 saturated heterocycles. The molecule has 1 amide bonds.